The lowest BCUT2D eigenvalue weighted by Crippen LogP contribution is -2.40. The number of hydrogen-bond donors (Lipinski definition) is 1. The molecule has 0 radical (unpaired) electrons. The highest BCUT2D eigenvalue weighted by atomic mass is 16.6. The lowest BCUT2D eigenvalue weighted by atomic mass is 10.2. The summed E-state index contributed by atoms with van der Waals surface area (Å²) in [4.78, 5) is 18.3. The Bertz CT molecular complexity index is 502. The second-order valence-corrected chi connectivity index (χ2v) is 7.30. The third kappa shape index (κ3) is 8.84. The molecule has 0 aromatic carbocycles. The molecule has 1 heterocycles. The number of pyridine rings is 1. The molecule has 142 valence electrons. The van der Waals surface area contributed by atoms with Gasteiger partial charge in [0.1, 0.15) is 5.60 Å². The van der Waals surface area contributed by atoms with Gasteiger partial charge in [-0.05, 0) is 59.2 Å². The topological polar surface area (TPSA) is 63.7 Å². The van der Waals surface area contributed by atoms with Gasteiger partial charge in [0.2, 0.25) is 0 Å². The van der Waals surface area contributed by atoms with Gasteiger partial charge >= 0.3 is 6.09 Å². The predicted molar refractivity (Wildman–Crippen MR) is 99.4 cm³/mol. The van der Waals surface area contributed by atoms with Crippen LogP contribution in [-0.2, 0) is 16.0 Å². The van der Waals surface area contributed by atoms with E-state index in [1.165, 1.54) is 0 Å². The van der Waals surface area contributed by atoms with Gasteiger partial charge in [-0.15, -0.1) is 0 Å². The first kappa shape index (κ1) is 21.4. The lowest BCUT2D eigenvalue weighted by molar-refractivity contribution is 0.0229. The average molecular weight is 351 g/mol. The third-order valence-corrected chi connectivity index (χ3v) is 3.89. The second-order valence-electron chi connectivity index (χ2n) is 7.30. The van der Waals surface area contributed by atoms with Gasteiger partial charge in [-0.3, -0.25) is 4.98 Å². The molecule has 25 heavy (non-hydrogen) atoms. The average Bonchev–Trinajstić information content (AvgIpc) is 2.55. The maximum Gasteiger partial charge on any atom is 0.410 e. The van der Waals surface area contributed by atoms with Gasteiger partial charge in [-0.25, -0.2) is 4.79 Å². The SMILES string of the molecule is COC(C)C(C)NCCCN(Cc1cccnc1)C(=O)OC(C)(C)C. The Kier molecular flexibility index (Phi) is 8.86. The Morgan fingerprint density at radius 3 is 2.64 bits per heavy atom. The molecule has 2 atom stereocenters. The summed E-state index contributed by atoms with van der Waals surface area (Å²) in [5.74, 6) is 0. The molecule has 1 aromatic heterocycles. The summed E-state index contributed by atoms with van der Waals surface area (Å²) in [6.07, 6.45) is 4.19. The second kappa shape index (κ2) is 10.4. The van der Waals surface area contributed by atoms with Crippen molar-refractivity contribution in [1.82, 2.24) is 15.2 Å². The standard InChI is InChI=1S/C19H33N3O3/c1-15(16(2)24-6)21-11-8-12-22(18(23)25-19(3,4)5)14-17-9-7-10-20-13-17/h7,9-10,13,15-16,21H,8,11-12,14H2,1-6H3. The minimum absolute atomic E-state index is 0.150. The molecule has 1 amide bonds. The Labute approximate surface area is 151 Å². The fraction of sp³-hybridized carbons (Fsp3) is 0.684. The first-order chi connectivity index (χ1) is 11.7. The zero-order valence-corrected chi connectivity index (χ0v) is 16.4. The van der Waals surface area contributed by atoms with Crippen molar-refractivity contribution in [2.75, 3.05) is 20.2 Å². The van der Waals surface area contributed by atoms with Crippen LogP contribution in [0.3, 0.4) is 0 Å². The van der Waals surface area contributed by atoms with Crippen molar-refractivity contribution in [3.05, 3.63) is 30.1 Å². The van der Waals surface area contributed by atoms with Crippen LogP contribution in [0.4, 0.5) is 4.79 Å². The van der Waals surface area contributed by atoms with Gasteiger partial charge < -0.3 is 19.7 Å². The monoisotopic (exact) mass is 351 g/mol. The number of aromatic nitrogens is 1. The number of nitrogens with one attached hydrogen (secondary N) is 1. The summed E-state index contributed by atoms with van der Waals surface area (Å²) in [5, 5.41) is 3.42. The summed E-state index contributed by atoms with van der Waals surface area (Å²) in [5.41, 5.74) is 0.480. The Balaban J connectivity index is 2.57. The highest BCUT2D eigenvalue weighted by molar-refractivity contribution is 5.68. The van der Waals surface area contributed by atoms with E-state index < -0.39 is 5.60 Å². The normalized spacial score (nSPS) is 14.0. The van der Waals surface area contributed by atoms with Gasteiger partial charge in [-0.2, -0.15) is 0 Å². The summed E-state index contributed by atoms with van der Waals surface area (Å²) >= 11 is 0. The molecule has 1 N–H and O–H groups in total. The number of rotatable bonds is 9. The molecular formula is C19H33N3O3. The van der Waals surface area contributed by atoms with Crippen LogP contribution in [0.1, 0.15) is 46.6 Å². The van der Waals surface area contributed by atoms with Gasteiger partial charge in [0.05, 0.1) is 12.6 Å². The van der Waals surface area contributed by atoms with Crippen LogP contribution >= 0.6 is 0 Å². The zero-order valence-electron chi connectivity index (χ0n) is 16.4. The number of methoxy groups -OCH3 is 1. The highest BCUT2D eigenvalue weighted by Gasteiger charge is 2.22. The lowest BCUT2D eigenvalue weighted by Gasteiger charge is -2.28. The minimum atomic E-state index is -0.509. The number of amides is 1. The fourth-order valence-electron chi connectivity index (χ4n) is 2.24. The van der Waals surface area contributed by atoms with E-state index in [4.69, 9.17) is 9.47 Å². The van der Waals surface area contributed by atoms with Gasteiger partial charge in [-0.1, -0.05) is 6.07 Å². The Morgan fingerprint density at radius 1 is 1.36 bits per heavy atom. The number of nitrogens with zero attached hydrogens (tertiary/aromatic N) is 2. The molecule has 0 aliphatic rings. The van der Waals surface area contributed by atoms with Crippen LogP contribution in [0, 0.1) is 0 Å². The van der Waals surface area contributed by atoms with Crippen LogP contribution in [0.25, 0.3) is 0 Å². The molecule has 0 aliphatic carbocycles. The van der Waals surface area contributed by atoms with Gasteiger partial charge in [0.15, 0.2) is 0 Å². The Hall–Kier alpha value is -1.66. The maximum absolute atomic E-state index is 12.5. The quantitative estimate of drug-likeness (QED) is 0.692. The molecule has 0 bridgehead atoms. The van der Waals surface area contributed by atoms with Gasteiger partial charge in [0, 0.05) is 32.1 Å². The summed E-state index contributed by atoms with van der Waals surface area (Å²) in [7, 11) is 1.71. The highest BCUT2D eigenvalue weighted by Crippen LogP contribution is 2.13. The first-order valence-corrected chi connectivity index (χ1v) is 8.86. The van der Waals surface area contributed by atoms with Crippen molar-refractivity contribution >= 4 is 6.09 Å². The molecule has 6 heteroatoms. The molecule has 0 saturated heterocycles. The summed E-state index contributed by atoms with van der Waals surface area (Å²) < 4.78 is 10.8. The third-order valence-electron chi connectivity index (χ3n) is 3.89. The van der Waals surface area contributed by atoms with E-state index in [0.29, 0.717) is 13.1 Å². The molecule has 6 nitrogen and oxygen atoms in total. The van der Waals surface area contributed by atoms with Crippen molar-refractivity contribution in [3.63, 3.8) is 0 Å². The number of ether oxygens (including phenoxy) is 2. The van der Waals surface area contributed by atoms with Crippen LogP contribution in [0.15, 0.2) is 24.5 Å². The van der Waals surface area contributed by atoms with Crippen molar-refractivity contribution in [3.8, 4) is 0 Å². The molecule has 0 aliphatic heterocycles. The number of carbonyl (C=O) groups excluding carboxylic acids is 1. The van der Waals surface area contributed by atoms with Crippen LogP contribution in [0.2, 0.25) is 0 Å². The van der Waals surface area contributed by atoms with E-state index in [9.17, 15) is 4.79 Å². The van der Waals surface area contributed by atoms with E-state index in [-0.39, 0.29) is 18.2 Å². The predicted octanol–water partition coefficient (Wildman–Crippen LogP) is 3.22. The Morgan fingerprint density at radius 2 is 2.08 bits per heavy atom. The van der Waals surface area contributed by atoms with Crippen LogP contribution in [-0.4, -0.2) is 53.9 Å². The van der Waals surface area contributed by atoms with E-state index in [2.05, 4.69) is 17.2 Å². The van der Waals surface area contributed by atoms with Crippen molar-refractivity contribution in [1.29, 1.82) is 0 Å². The fourth-order valence-corrected chi connectivity index (χ4v) is 2.24. The summed E-state index contributed by atoms with van der Waals surface area (Å²) in [6, 6.07) is 4.10. The first-order valence-electron chi connectivity index (χ1n) is 8.86. The molecule has 0 saturated carbocycles. The van der Waals surface area contributed by atoms with Crippen molar-refractivity contribution in [2.24, 2.45) is 0 Å². The van der Waals surface area contributed by atoms with Gasteiger partial charge in [0.25, 0.3) is 0 Å². The molecule has 0 spiro atoms. The van der Waals surface area contributed by atoms with Crippen molar-refractivity contribution in [2.45, 2.75) is 65.3 Å². The van der Waals surface area contributed by atoms with Crippen LogP contribution < -0.4 is 5.32 Å². The van der Waals surface area contributed by atoms with E-state index >= 15 is 0 Å². The molecule has 0 fully saturated rings. The van der Waals surface area contributed by atoms with E-state index in [1.54, 1.807) is 24.4 Å². The molecule has 1 aromatic rings. The molecule has 2 unspecified atom stereocenters. The largest absolute Gasteiger partial charge is 0.444 e. The minimum Gasteiger partial charge on any atom is -0.444 e. The number of hydrogen-bond acceptors (Lipinski definition) is 5. The summed E-state index contributed by atoms with van der Waals surface area (Å²) in [6.45, 7) is 11.7. The maximum atomic E-state index is 12.5. The number of carbonyl (C=O) groups is 1. The molecule has 1 rings (SSSR count). The van der Waals surface area contributed by atoms with Crippen molar-refractivity contribution < 1.29 is 14.3 Å². The smallest absolute Gasteiger partial charge is 0.410 e. The zero-order chi connectivity index (χ0) is 18.9. The molecular weight excluding hydrogens is 318 g/mol. The van der Waals surface area contributed by atoms with E-state index in [1.807, 2.05) is 39.8 Å². The van der Waals surface area contributed by atoms with E-state index in [0.717, 1.165) is 18.5 Å². The van der Waals surface area contributed by atoms with Crippen LogP contribution in [0.5, 0.6) is 0 Å².